The zero-order chi connectivity index (χ0) is 15.7. The lowest BCUT2D eigenvalue weighted by Crippen LogP contribution is -2.34. The number of hydrogen-bond donors (Lipinski definition) is 0. The molecular weight excluding hydrogens is 276 g/mol. The van der Waals surface area contributed by atoms with Crippen LogP contribution >= 0.6 is 0 Å². The molecule has 0 aliphatic carbocycles. The average Bonchev–Trinajstić information content (AvgIpc) is 3.10. The van der Waals surface area contributed by atoms with Gasteiger partial charge >= 0.3 is 0 Å². The summed E-state index contributed by atoms with van der Waals surface area (Å²) in [4.78, 5) is 28.8. The fraction of sp³-hybridized carbons (Fsp3) is 0.333. The minimum absolute atomic E-state index is 0.192. The van der Waals surface area contributed by atoms with E-state index in [4.69, 9.17) is 0 Å². The van der Waals surface area contributed by atoms with Gasteiger partial charge in [0.25, 0.3) is 11.8 Å². The fourth-order valence-corrected chi connectivity index (χ4v) is 3.07. The van der Waals surface area contributed by atoms with Gasteiger partial charge in [-0.25, -0.2) is 0 Å². The molecule has 0 unspecified atom stereocenters. The average molecular weight is 296 g/mol. The van der Waals surface area contributed by atoms with E-state index in [-0.39, 0.29) is 18.4 Å². The van der Waals surface area contributed by atoms with Crippen molar-refractivity contribution in [1.29, 1.82) is 0 Å². The van der Waals surface area contributed by atoms with E-state index in [0.29, 0.717) is 11.3 Å². The van der Waals surface area contributed by atoms with Crippen LogP contribution in [0.25, 0.3) is 5.57 Å². The maximum atomic E-state index is 12.7. The first-order valence-corrected chi connectivity index (χ1v) is 7.67. The van der Waals surface area contributed by atoms with E-state index in [1.165, 1.54) is 4.90 Å². The van der Waals surface area contributed by atoms with Crippen LogP contribution in [0.15, 0.2) is 42.6 Å². The molecule has 4 nitrogen and oxygen atoms in total. The Morgan fingerprint density at radius 1 is 1.09 bits per heavy atom. The van der Waals surface area contributed by atoms with E-state index >= 15 is 0 Å². The molecule has 0 atom stereocenters. The molecule has 0 N–H and O–H groups in total. The highest BCUT2D eigenvalue weighted by molar-refractivity contribution is 6.35. The second-order valence-electron chi connectivity index (χ2n) is 5.79. The molecule has 0 bridgehead atoms. The van der Waals surface area contributed by atoms with Crippen LogP contribution in [-0.2, 0) is 9.59 Å². The third-order valence-corrected chi connectivity index (χ3v) is 4.22. The number of aryl methyl sites for hydroxylation is 1. The second kappa shape index (κ2) is 5.79. The lowest BCUT2D eigenvalue weighted by Gasteiger charge is -2.19. The van der Waals surface area contributed by atoms with E-state index in [9.17, 15) is 9.59 Å². The summed E-state index contributed by atoms with van der Waals surface area (Å²) in [6.07, 6.45) is 3.72. The first-order chi connectivity index (χ1) is 10.6. The van der Waals surface area contributed by atoms with Crippen molar-refractivity contribution in [3.05, 3.63) is 53.7 Å². The molecule has 22 heavy (non-hydrogen) atoms. The molecule has 0 spiro atoms. The van der Waals surface area contributed by atoms with Crippen molar-refractivity contribution in [3.8, 4) is 0 Å². The number of carbonyl (C=O) groups is 2. The van der Waals surface area contributed by atoms with Gasteiger partial charge in [-0.2, -0.15) is 0 Å². The topological polar surface area (TPSA) is 40.6 Å². The Bertz CT molecular complexity index is 652. The molecule has 2 amide bonds. The minimum atomic E-state index is -0.212. The van der Waals surface area contributed by atoms with Crippen LogP contribution in [0, 0.1) is 6.92 Å². The Morgan fingerprint density at radius 2 is 1.73 bits per heavy atom. The Hall–Kier alpha value is -2.36. The van der Waals surface area contributed by atoms with E-state index in [0.717, 1.165) is 37.1 Å². The minimum Gasteiger partial charge on any atom is -0.366 e. The summed E-state index contributed by atoms with van der Waals surface area (Å²) in [7, 11) is 0. The molecule has 1 aromatic rings. The molecule has 0 aromatic heterocycles. The molecule has 1 saturated heterocycles. The SMILES string of the molecule is C=CCN1C(=O)C(c2ccc(C)cc2)=C(N2CCCC2)C1=O. The van der Waals surface area contributed by atoms with Gasteiger partial charge < -0.3 is 4.90 Å². The predicted octanol–water partition coefficient (Wildman–Crippen LogP) is 2.36. The maximum absolute atomic E-state index is 12.7. The van der Waals surface area contributed by atoms with E-state index < -0.39 is 0 Å². The predicted molar refractivity (Wildman–Crippen MR) is 85.8 cm³/mol. The third-order valence-electron chi connectivity index (χ3n) is 4.22. The van der Waals surface area contributed by atoms with Gasteiger partial charge in [-0.1, -0.05) is 35.9 Å². The van der Waals surface area contributed by atoms with Gasteiger partial charge in [0, 0.05) is 19.6 Å². The Balaban J connectivity index is 2.09. The number of hydrogen-bond acceptors (Lipinski definition) is 3. The lowest BCUT2D eigenvalue weighted by molar-refractivity contribution is -0.136. The summed E-state index contributed by atoms with van der Waals surface area (Å²) in [5, 5.41) is 0. The summed E-state index contributed by atoms with van der Waals surface area (Å²) in [5.41, 5.74) is 3.05. The van der Waals surface area contributed by atoms with Crippen molar-refractivity contribution in [2.75, 3.05) is 19.6 Å². The fourth-order valence-electron chi connectivity index (χ4n) is 3.07. The second-order valence-corrected chi connectivity index (χ2v) is 5.79. The quantitative estimate of drug-likeness (QED) is 0.632. The Morgan fingerprint density at radius 3 is 2.32 bits per heavy atom. The number of imide groups is 1. The van der Waals surface area contributed by atoms with Crippen LogP contribution in [0.4, 0.5) is 0 Å². The summed E-state index contributed by atoms with van der Waals surface area (Å²) >= 11 is 0. The van der Waals surface area contributed by atoms with Gasteiger partial charge in [-0.3, -0.25) is 14.5 Å². The highest BCUT2D eigenvalue weighted by atomic mass is 16.2. The number of rotatable bonds is 4. The van der Waals surface area contributed by atoms with Crippen LogP contribution in [-0.4, -0.2) is 41.2 Å². The molecule has 1 fully saturated rings. The Labute approximate surface area is 130 Å². The molecule has 3 rings (SSSR count). The van der Waals surface area contributed by atoms with Crippen LogP contribution in [0.5, 0.6) is 0 Å². The molecule has 2 heterocycles. The van der Waals surface area contributed by atoms with Crippen LogP contribution in [0.3, 0.4) is 0 Å². The zero-order valence-electron chi connectivity index (χ0n) is 12.8. The number of benzene rings is 1. The summed E-state index contributed by atoms with van der Waals surface area (Å²) < 4.78 is 0. The molecule has 2 aliphatic rings. The van der Waals surface area contributed by atoms with E-state index in [1.54, 1.807) is 6.08 Å². The van der Waals surface area contributed by atoms with Gasteiger partial charge in [0.05, 0.1) is 5.57 Å². The number of carbonyl (C=O) groups excluding carboxylic acids is 2. The summed E-state index contributed by atoms with van der Waals surface area (Å²) in [6.45, 7) is 7.58. The van der Waals surface area contributed by atoms with Gasteiger partial charge in [0.1, 0.15) is 5.70 Å². The molecule has 0 radical (unpaired) electrons. The van der Waals surface area contributed by atoms with Crippen molar-refractivity contribution in [3.63, 3.8) is 0 Å². The van der Waals surface area contributed by atoms with Crippen molar-refractivity contribution in [1.82, 2.24) is 9.80 Å². The van der Waals surface area contributed by atoms with Crippen LogP contribution in [0.2, 0.25) is 0 Å². The largest absolute Gasteiger partial charge is 0.366 e. The zero-order valence-corrected chi connectivity index (χ0v) is 12.8. The number of likely N-dealkylation sites (tertiary alicyclic amines) is 1. The van der Waals surface area contributed by atoms with Crippen LogP contribution in [0.1, 0.15) is 24.0 Å². The highest BCUT2D eigenvalue weighted by Gasteiger charge is 2.41. The number of amides is 2. The Kier molecular flexibility index (Phi) is 3.84. The van der Waals surface area contributed by atoms with Gasteiger partial charge in [0.2, 0.25) is 0 Å². The summed E-state index contributed by atoms with van der Waals surface area (Å²) in [5.74, 6) is -0.405. The standard InChI is InChI=1S/C18H20N2O2/c1-3-10-20-17(21)15(14-8-6-13(2)7-9-14)16(18(20)22)19-11-4-5-12-19/h3,6-9H,1,4-5,10-12H2,2H3. The molecule has 0 saturated carbocycles. The smallest absolute Gasteiger partial charge is 0.278 e. The van der Waals surface area contributed by atoms with Crippen LogP contribution < -0.4 is 0 Å². The summed E-state index contributed by atoms with van der Waals surface area (Å²) in [6, 6.07) is 7.78. The van der Waals surface area contributed by atoms with Crippen molar-refractivity contribution >= 4 is 17.4 Å². The van der Waals surface area contributed by atoms with Crippen molar-refractivity contribution in [2.24, 2.45) is 0 Å². The first kappa shape index (κ1) is 14.6. The molecule has 114 valence electrons. The van der Waals surface area contributed by atoms with Crippen molar-refractivity contribution in [2.45, 2.75) is 19.8 Å². The molecular formula is C18H20N2O2. The lowest BCUT2D eigenvalue weighted by atomic mass is 10.0. The maximum Gasteiger partial charge on any atom is 0.278 e. The third kappa shape index (κ3) is 2.34. The van der Waals surface area contributed by atoms with Gasteiger partial charge in [0.15, 0.2) is 0 Å². The van der Waals surface area contributed by atoms with E-state index in [2.05, 4.69) is 11.5 Å². The highest BCUT2D eigenvalue weighted by Crippen LogP contribution is 2.33. The first-order valence-electron chi connectivity index (χ1n) is 7.67. The van der Waals surface area contributed by atoms with Gasteiger partial charge in [-0.15, -0.1) is 6.58 Å². The number of nitrogens with zero attached hydrogens (tertiary/aromatic N) is 2. The van der Waals surface area contributed by atoms with Crippen molar-refractivity contribution < 1.29 is 9.59 Å². The molecule has 1 aromatic carbocycles. The molecule has 4 heteroatoms. The van der Waals surface area contributed by atoms with Gasteiger partial charge in [-0.05, 0) is 25.3 Å². The normalized spacial score (nSPS) is 18.6. The molecule has 2 aliphatic heterocycles. The van der Waals surface area contributed by atoms with E-state index in [1.807, 2.05) is 31.2 Å². The monoisotopic (exact) mass is 296 g/mol.